The van der Waals surface area contributed by atoms with Crippen molar-refractivity contribution in [2.24, 2.45) is 0 Å². The van der Waals surface area contributed by atoms with Gasteiger partial charge in [0.25, 0.3) is 0 Å². The number of benzene rings is 1. The van der Waals surface area contributed by atoms with Crippen molar-refractivity contribution in [3.8, 4) is 0 Å². The average molecular weight is 335 g/mol. The van der Waals surface area contributed by atoms with Crippen molar-refractivity contribution in [1.82, 2.24) is 0 Å². The summed E-state index contributed by atoms with van der Waals surface area (Å²) >= 11 is 0. The third kappa shape index (κ3) is 7.49. The van der Waals surface area contributed by atoms with E-state index in [1.165, 1.54) is 57.1 Å². The van der Waals surface area contributed by atoms with Crippen molar-refractivity contribution < 1.29 is 19.8 Å². The highest BCUT2D eigenvalue weighted by Gasteiger charge is 2.16. The van der Waals surface area contributed by atoms with Gasteiger partial charge in [0, 0.05) is 12.2 Å². The second kappa shape index (κ2) is 11.5. The SMILES string of the molecule is CCCCCCCCCCCNc1ccc(C(=O)O)c(C(=O)O)c1. The lowest BCUT2D eigenvalue weighted by atomic mass is 10.1. The molecular weight excluding hydrogens is 306 g/mol. The Morgan fingerprint density at radius 1 is 0.833 bits per heavy atom. The maximum atomic E-state index is 11.1. The van der Waals surface area contributed by atoms with Gasteiger partial charge in [0.05, 0.1) is 11.1 Å². The zero-order chi connectivity index (χ0) is 17.8. The van der Waals surface area contributed by atoms with Crippen molar-refractivity contribution in [3.63, 3.8) is 0 Å². The summed E-state index contributed by atoms with van der Waals surface area (Å²) in [6.07, 6.45) is 11.3. The number of carboxylic acid groups (broad SMARTS) is 2. The Morgan fingerprint density at radius 2 is 1.38 bits per heavy atom. The molecule has 0 saturated carbocycles. The normalized spacial score (nSPS) is 10.5. The molecule has 0 aliphatic rings. The van der Waals surface area contributed by atoms with E-state index in [0.29, 0.717) is 5.69 Å². The molecule has 0 bridgehead atoms. The zero-order valence-corrected chi connectivity index (χ0v) is 14.5. The first-order chi connectivity index (χ1) is 11.6. The molecule has 0 unspecified atom stereocenters. The quantitative estimate of drug-likeness (QED) is 0.440. The maximum absolute atomic E-state index is 11.1. The number of hydrogen-bond acceptors (Lipinski definition) is 3. The highest BCUT2D eigenvalue weighted by molar-refractivity contribution is 6.02. The summed E-state index contributed by atoms with van der Waals surface area (Å²) in [5.41, 5.74) is 0.285. The summed E-state index contributed by atoms with van der Waals surface area (Å²) < 4.78 is 0. The minimum atomic E-state index is -1.22. The predicted molar refractivity (Wildman–Crippen MR) is 96.1 cm³/mol. The zero-order valence-electron chi connectivity index (χ0n) is 14.5. The molecule has 5 heteroatoms. The van der Waals surface area contributed by atoms with Gasteiger partial charge in [0.1, 0.15) is 0 Å². The molecule has 5 nitrogen and oxygen atoms in total. The Morgan fingerprint density at radius 3 is 1.92 bits per heavy atom. The van der Waals surface area contributed by atoms with E-state index in [1.54, 1.807) is 6.07 Å². The molecule has 0 aliphatic carbocycles. The summed E-state index contributed by atoms with van der Waals surface area (Å²) in [5, 5.41) is 21.2. The van der Waals surface area contributed by atoms with E-state index in [0.717, 1.165) is 19.4 Å². The minimum absolute atomic E-state index is 0.181. The van der Waals surface area contributed by atoms with E-state index in [9.17, 15) is 9.59 Å². The summed E-state index contributed by atoms with van der Waals surface area (Å²) in [4.78, 5) is 22.1. The molecule has 0 radical (unpaired) electrons. The number of carboxylic acids is 2. The van der Waals surface area contributed by atoms with Crippen molar-refractivity contribution in [3.05, 3.63) is 29.3 Å². The number of unbranched alkanes of at least 4 members (excludes halogenated alkanes) is 8. The molecule has 3 N–H and O–H groups in total. The van der Waals surface area contributed by atoms with Gasteiger partial charge in [-0.3, -0.25) is 0 Å². The van der Waals surface area contributed by atoms with Crippen LogP contribution < -0.4 is 5.32 Å². The van der Waals surface area contributed by atoms with E-state index in [1.807, 2.05) is 0 Å². The van der Waals surface area contributed by atoms with E-state index in [2.05, 4.69) is 12.2 Å². The van der Waals surface area contributed by atoms with Gasteiger partial charge in [0.2, 0.25) is 0 Å². The van der Waals surface area contributed by atoms with Crippen LogP contribution in [-0.2, 0) is 0 Å². The molecule has 0 spiro atoms. The van der Waals surface area contributed by atoms with Crippen LogP contribution in [0, 0.1) is 0 Å². The van der Waals surface area contributed by atoms with Crippen LogP contribution in [0.25, 0.3) is 0 Å². The van der Waals surface area contributed by atoms with Crippen molar-refractivity contribution in [2.75, 3.05) is 11.9 Å². The Hall–Kier alpha value is -2.04. The Kier molecular flexibility index (Phi) is 9.58. The molecule has 0 aliphatic heterocycles. The lowest BCUT2D eigenvalue weighted by Gasteiger charge is -2.09. The molecule has 1 rings (SSSR count). The van der Waals surface area contributed by atoms with Crippen LogP contribution in [0.3, 0.4) is 0 Å². The predicted octanol–water partition coefficient (Wildman–Crippen LogP) is 5.03. The fraction of sp³-hybridized carbons (Fsp3) is 0.579. The first-order valence-corrected chi connectivity index (χ1v) is 8.90. The van der Waals surface area contributed by atoms with Crippen LogP contribution >= 0.6 is 0 Å². The van der Waals surface area contributed by atoms with Gasteiger partial charge in [-0.1, -0.05) is 58.3 Å². The molecule has 0 amide bonds. The van der Waals surface area contributed by atoms with E-state index >= 15 is 0 Å². The van der Waals surface area contributed by atoms with Gasteiger partial charge in [-0.2, -0.15) is 0 Å². The number of rotatable bonds is 13. The summed E-state index contributed by atoms with van der Waals surface area (Å²) in [5.74, 6) is -2.45. The van der Waals surface area contributed by atoms with Crippen molar-refractivity contribution in [2.45, 2.75) is 64.7 Å². The highest BCUT2D eigenvalue weighted by Crippen LogP contribution is 2.17. The standard InChI is InChI=1S/C19H29NO4/c1-2-3-4-5-6-7-8-9-10-13-20-15-11-12-16(18(21)22)17(14-15)19(23)24/h11-12,14,20H,2-10,13H2,1H3,(H,21,22)(H,23,24). The smallest absolute Gasteiger partial charge is 0.336 e. The van der Waals surface area contributed by atoms with E-state index < -0.39 is 11.9 Å². The molecule has 0 heterocycles. The molecule has 1 aromatic rings. The first kappa shape index (κ1) is 20.0. The number of nitrogens with one attached hydrogen (secondary N) is 1. The monoisotopic (exact) mass is 335 g/mol. The summed E-state index contributed by atoms with van der Waals surface area (Å²) in [6.45, 7) is 2.99. The van der Waals surface area contributed by atoms with Crippen LogP contribution in [0.15, 0.2) is 18.2 Å². The molecule has 0 saturated heterocycles. The van der Waals surface area contributed by atoms with Gasteiger partial charge in [-0.05, 0) is 24.6 Å². The average Bonchev–Trinajstić information content (AvgIpc) is 2.56. The van der Waals surface area contributed by atoms with Gasteiger partial charge in [-0.15, -0.1) is 0 Å². The van der Waals surface area contributed by atoms with Crippen LogP contribution in [0.5, 0.6) is 0 Å². The molecular formula is C19H29NO4. The largest absolute Gasteiger partial charge is 0.478 e. The third-order valence-corrected chi connectivity index (χ3v) is 4.09. The number of aromatic carboxylic acids is 2. The Labute approximate surface area is 144 Å². The second-order valence-electron chi connectivity index (χ2n) is 6.13. The molecule has 134 valence electrons. The first-order valence-electron chi connectivity index (χ1n) is 8.90. The van der Waals surface area contributed by atoms with E-state index in [4.69, 9.17) is 10.2 Å². The molecule has 24 heavy (non-hydrogen) atoms. The van der Waals surface area contributed by atoms with Crippen LogP contribution in [-0.4, -0.2) is 28.7 Å². The molecule has 0 aromatic heterocycles. The number of anilines is 1. The number of carbonyl (C=O) groups is 2. The fourth-order valence-corrected chi connectivity index (χ4v) is 2.69. The third-order valence-electron chi connectivity index (χ3n) is 4.09. The minimum Gasteiger partial charge on any atom is -0.478 e. The molecule has 0 fully saturated rings. The maximum Gasteiger partial charge on any atom is 0.336 e. The fourth-order valence-electron chi connectivity index (χ4n) is 2.69. The Bertz CT molecular complexity index is 528. The van der Waals surface area contributed by atoms with Gasteiger partial charge in [0.15, 0.2) is 0 Å². The van der Waals surface area contributed by atoms with Gasteiger partial charge in [-0.25, -0.2) is 9.59 Å². The van der Waals surface area contributed by atoms with E-state index in [-0.39, 0.29) is 11.1 Å². The highest BCUT2D eigenvalue weighted by atomic mass is 16.4. The van der Waals surface area contributed by atoms with Crippen LogP contribution in [0.4, 0.5) is 5.69 Å². The summed E-state index contributed by atoms with van der Waals surface area (Å²) in [7, 11) is 0. The molecule has 1 aromatic carbocycles. The molecule has 0 atom stereocenters. The lowest BCUT2D eigenvalue weighted by Crippen LogP contribution is -2.09. The van der Waals surface area contributed by atoms with Gasteiger partial charge < -0.3 is 15.5 Å². The second-order valence-corrected chi connectivity index (χ2v) is 6.13. The van der Waals surface area contributed by atoms with Crippen molar-refractivity contribution >= 4 is 17.6 Å². The topological polar surface area (TPSA) is 86.6 Å². The number of hydrogen-bond donors (Lipinski definition) is 3. The lowest BCUT2D eigenvalue weighted by molar-refractivity contribution is 0.0651. The Balaban J connectivity index is 2.25. The van der Waals surface area contributed by atoms with Crippen LogP contribution in [0.2, 0.25) is 0 Å². The van der Waals surface area contributed by atoms with Gasteiger partial charge >= 0.3 is 11.9 Å². The van der Waals surface area contributed by atoms with Crippen LogP contribution in [0.1, 0.15) is 85.4 Å². The summed E-state index contributed by atoms with van der Waals surface area (Å²) in [6, 6.07) is 4.34. The van der Waals surface area contributed by atoms with Crippen molar-refractivity contribution in [1.29, 1.82) is 0 Å².